The zero-order valence-electron chi connectivity index (χ0n) is 9.83. The van der Waals surface area contributed by atoms with Crippen LogP contribution in [0.15, 0.2) is 18.2 Å². The zero-order chi connectivity index (χ0) is 12.9. The van der Waals surface area contributed by atoms with Crippen molar-refractivity contribution in [3.05, 3.63) is 39.4 Å². The van der Waals surface area contributed by atoms with Gasteiger partial charge in [0.15, 0.2) is 0 Å². The van der Waals surface area contributed by atoms with Gasteiger partial charge in [-0.25, -0.2) is 0 Å². The number of hydrogen-bond acceptors (Lipinski definition) is 4. The SMILES string of the molecule is C[C@H]1COC2Cc3c(cccc3[N+](=O)[O-])C(=O)N21. The molecule has 0 spiro atoms. The molecule has 3 rings (SSSR count). The molecular formula is C12H12N2O4. The molecule has 94 valence electrons. The Morgan fingerprint density at radius 1 is 1.50 bits per heavy atom. The maximum atomic E-state index is 12.3. The van der Waals surface area contributed by atoms with Gasteiger partial charge in [-0.3, -0.25) is 14.9 Å². The Balaban J connectivity index is 2.12. The maximum absolute atomic E-state index is 12.3. The van der Waals surface area contributed by atoms with Gasteiger partial charge in [-0.1, -0.05) is 6.07 Å². The summed E-state index contributed by atoms with van der Waals surface area (Å²) in [6.07, 6.45) is 0.0313. The van der Waals surface area contributed by atoms with E-state index in [1.165, 1.54) is 6.07 Å². The summed E-state index contributed by atoms with van der Waals surface area (Å²) in [5.74, 6) is -0.171. The summed E-state index contributed by atoms with van der Waals surface area (Å²) in [5.41, 5.74) is 0.921. The fraction of sp³-hybridized carbons (Fsp3) is 0.417. The normalized spacial score (nSPS) is 25.8. The molecule has 1 unspecified atom stereocenters. The molecule has 1 aromatic carbocycles. The standard InChI is InChI=1S/C12H12N2O4/c1-7-6-18-11-5-9-8(12(15)13(7)11)3-2-4-10(9)14(16)17/h2-4,7,11H,5-6H2,1H3/t7-,11?/m0/s1. The van der Waals surface area contributed by atoms with Crippen molar-refractivity contribution in [2.24, 2.45) is 0 Å². The average Bonchev–Trinajstić information content (AvgIpc) is 2.70. The Bertz CT molecular complexity index is 543. The number of benzene rings is 1. The van der Waals surface area contributed by atoms with E-state index in [0.717, 1.165) is 0 Å². The highest BCUT2D eigenvalue weighted by Crippen LogP contribution is 2.34. The first-order chi connectivity index (χ1) is 8.59. The highest BCUT2D eigenvalue weighted by atomic mass is 16.6. The van der Waals surface area contributed by atoms with Crippen molar-refractivity contribution < 1.29 is 14.5 Å². The van der Waals surface area contributed by atoms with E-state index < -0.39 is 4.92 Å². The molecule has 0 saturated carbocycles. The molecule has 1 fully saturated rings. The predicted molar refractivity (Wildman–Crippen MR) is 62.2 cm³/mol. The van der Waals surface area contributed by atoms with E-state index in [0.29, 0.717) is 24.2 Å². The highest BCUT2D eigenvalue weighted by Gasteiger charge is 2.42. The maximum Gasteiger partial charge on any atom is 0.273 e. The second-order valence-corrected chi connectivity index (χ2v) is 4.61. The predicted octanol–water partition coefficient (Wildman–Crippen LogP) is 1.34. The van der Waals surface area contributed by atoms with Gasteiger partial charge in [-0.15, -0.1) is 0 Å². The largest absolute Gasteiger partial charge is 0.356 e. The number of rotatable bonds is 1. The lowest BCUT2D eigenvalue weighted by atomic mass is 9.95. The van der Waals surface area contributed by atoms with E-state index >= 15 is 0 Å². The number of hydrogen-bond donors (Lipinski definition) is 0. The number of nitrogens with zero attached hydrogens (tertiary/aromatic N) is 2. The van der Waals surface area contributed by atoms with Gasteiger partial charge in [-0.05, 0) is 13.0 Å². The van der Waals surface area contributed by atoms with Crippen molar-refractivity contribution in [3.8, 4) is 0 Å². The lowest BCUT2D eigenvalue weighted by Gasteiger charge is -2.31. The topological polar surface area (TPSA) is 72.7 Å². The molecule has 1 aromatic rings. The number of fused-ring (bicyclic) bond motifs is 2. The van der Waals surface area contributed by atoms with Crippen LogP contribution in [0.25, 0.3) is 0 Å². The van der Waals surface area contributed by atoms with Gasteiger partial charge in [0.1, 0.15) is 6.23 Å². The quantitative estimate of drug-likeness (QED) is 0.555. The third-order valence-corrected chi connectivity index (χ3v) is 3.51. The van der Waals surface area contributed by atoms with Crippen molar-refractivity contribution >= 4 is 11.6 Å². The number of nitro groups is 1. The molecule has 0 N–H and O–H groups in total. The van der Waals surface area contributed by atoms with Crippen molar-refractivity contribution in [2.75, 3.05) is 6.61 Å². The minimum atomic E-state index is -0.444. The molecule has 0 aromatic heterocycles. The monoisotopic (exact) mass is 248 g/mol. The Hall–Kier alpha value is -1.95. The van der Waals surface area contributed by atoms with E-state index in [1.807, 2.05) is 6.92 Å². The van der Waals surface area contributed by atoms with Gasteiger partial charge in [0.25, 0.3) is 11.6 Å². The van der Waals surface area contributed by atoms with Gasteiger partial charge in [0.2, 0.25) is 0 Å². The van der Waals surface area contributed by atoms with Crippen LogP contribution in [0.1, 0.15) is 22.8 Å². The lowest BCUT2D eigenvalue weighted by molar-refractivity contribution is -0.385. The minimum absolute atomic E-state index is 0.00338. The van der Waals surface area contributed by atoms with E-state index in [4.69, 9.17) is 4.74 Å². The molecule has 6 heteroatoms. The fourth-order valence-electron chi connectivity index (χ4n) is 2.66. The first-order valence-electron chi connectivity index (χ1n) is 5.80. The lowest BCUT2D eigenvalue weighted by Crippen LogP contribution is -2.45. The fourth-order valence-corrected chi connectivity index (χ4v) is 2.66. The van der Waals surface area contributed by atoms with Crippen LogP contribution in [-0.2, 0) is 11.2 Å². The molecule has 1 amide bonds. The summed E-state index contributed by atoms with van der Waals surface area (Å²) in [7, 11) is 0. The Morgan fingerprint density at radius 2 is 2.28 bits per heavy atom. The van der Waals surface area contributed by atoms with Crippen LogP contribution in [0.5, 0.6) is 0 Å². The molecule has 18 heavy (non-hydrogen) atoms. The Morgan fingerprint density at radius 3 is 3.00 bits per heavy atom. The van der Waals surface area contributed by atoms with Crippen LogP contribution in [-0.4, -0.2) is 34.6 Å². The smallest absolute Gasteiger partial charge is 0.273 e. The summed E-state index contributed by atoms with van der Waals surface area (Å²) in [6.45, 7) is 2.40. The number of carbonyl (C=O) groups excluding carboxylic acids is 1. The van der Waals surface area contributed by atoms with Crippen LogP contribution in [0.2, 0.25) is 0 Å². The van der Waals surface area contributed by atoms with E-state index in [-0.39, 0.29) is 23.9 Å². The number of carbonyl (C=O) groups is 1. The third kappa shape index (κ3) is 1.42. The molecule has 0 bridgehead atoms. The average molecular weight is 248 g/mol. The summed E-state index contributed by atoms with van der Waals surface area (Å²) in [5, 5.41) is 11.0. The molecule has 1 saturated heterocycles. The van der Waals surface area contributed by atoms with Crippen LogP contribution in [0, 0.1) is 10.1 Å². The van der Waals surface area contributed by atoms with Crippen molar-refractivity contribution in [3.63, 3.8) is 0 Å². The summed E-state index contributed by atoms with van der Waals surface area (Å²) in [6, 6.07) is 4.65. The third-order valence-electron chi connectivity index (χ3n) is 3.51. The Labute approximate surface area is 103 Å². The molecule has 2 aliphatic rings. The van der Waals surface area contributed by atoms with Crippen LogP contribution < -0.4 is 0 Å². The number of ether oxygens (including phenoxy) is 1. The molecule has 0 aliphatic carbocycles. The van der Waals surface area contributed by atoms with Crippen molar-refractivity contribution in [1.29, 1.82) is 0 Å². The first kappa shape index (κ1) is 11.2. The van der Waals surface area contributed by atoms with E-state index in [9.17, 15) is 14.9 Å². The highest BCUT2D eigenvalue weighted by molar-refractivity contribution is 5.98. The second kappa shape index (κ2) is 3.78. The van der Waals surface area contributed by atoms with Crippen molar-refractivity contribution in [2.45, 2.75) is 25.6 Å². The summed E-state index contributed by atoms with van der Waals surface area (Å²) in [4.78, 5) is 24.5. The molecule has 0 radical (unpaired) electrons. The van der Waals surface area contributed by atoms with Crippen LogP contribution >= 0.6 is 0 Å². The number of nitro benzene ring substituents is 1. The van der Waals surface area contributed by atoms with E-state index in [1.54, 1.807) is 17.0 Å². The first-order valence-corrected chi connectivity index (χ1v) is 5.80. The van der Waals surface area contributed by atoms with Crippen molar-refractivity contribution in [1.82, 2.24) is 4.90 Å². The summed E-state index contributed by atoms with van der Waals surface area (Å²) >= 11 is 0. The van der Waals surface area contributed by atoms with Gasteiger partial charge in [0.05, 0.1) is 17.6 Å². The zero-order valence-corrected chi connectivity index (χ0v) is 9.83. The Kier molecular flexibility index (Phi) is 2.34. The second-order valence-electron chi connectivity index (χ2n) is 4.61. The molecular weight excluding hydrogens is 236 g/mol. The van der Waals surface area contributed by atoms with Gasteiger partial charge < -0.3 is 9.64 Å². The molecule has 2 atom stereocenters. The molecule has 6 nitrogen and oxygen atoms in total. The van der Waals surface area contributed by atoms with Crippen LogP contribution in [0.3, 0.4) is 0 Å². The van der Waals surface area contributed by atoms with Gasteiger partial charge in [-0.2, -0.15) is 0 Å². The molecule has 2 heterocycles. The van der Waals surface area contributed by atoms with Crippen LogP contribution in [0.4, 0.5) is 5.69 Å². The minimum Gasteiger partial charge on any atom is -0.356 e. The van der Waals surface area contributed by atoms with Gasteiger partial charge in [0, 0.05) is 23.6 Å². The molecule has 2 aliphatic heterocycles. The van der Waals surface area contributed by atoms with Gasteiger partial charge >= 0.3 is 0 Å². The summed E-state index contributed by atoms with van der Waals surface area (Å²) < 4.78 is 5.51. The van der Waals surface area contributed by atoms with E-state index in [2.05, 4.69) is 0 Å². The number of amides is 1.